The van der Waals surface area contributed by atoms with Crippen molar-refractivity contribution in [1.82, 2.24) is 10.2 Å². The minimum Gasteiger partial charge on any atom is -0.496 e. The summed E-state index contributed by atoms with van der Waals surface area (Å²) in [5, 5.41) is 15.1. The van der Waals surface area contributed by atoms with Gasteiger partial charge in [0.15, 0.2) is 0 Å². The number of carbonyl (C=O) groups is 1. The van der Waals surface area contributed by atoms with Gasteiger partial charge in [-0.15, -0.1) is 0 Å². The van der Waals surface area contributed by atoms with Crippen LogP contribution >= 0.6 is 15.9 Å². The van der Waals surface area contributed by atoms with Gasteiger partial charge in [-0.05, 0) is 40.5 Å². The van der Waals surface area contributed by atoms with Crippen LogP contribution in [0.25, 0.3) is 11.3 Å². The molecule has 2 N–H and O–H groups in total. The van der Waals surface area contributed by atoms with Crippen LogP contribution in [0.5, 0.6) is 5.75 Å². The average molecular weight is 329 g/mol. The van der Waals surface area contributed by atoms with E-state index >= 15 is 0 Å². The van der Waals surface area contributed by atoms with Crippen LogP contribution in [0.2, 0.25) is 0 Å². The number of carboxylic acid groups (broad SMARTS) is 1. The third-order valence-corrected chi connectivity index (χ3v) is 3.40. The van der Waals surface area contributed by atoms with E-state index in [4.69, 9.17) is 9.84 Å². The predicted octanol–water partition coefficient (Wildman–Crippen LogP) is 2.99. The number of carboxylic acids is 1. The number of aromatic carboxylic acids is 1. The number of H-pyrrole nitrogens is 1. The number of aryl methyl sites for hydroxylation is 1. The van der Waals surface area contributed by atoms with Crippen LogP contribution in [0.1, 0.15) is 16.1 Å². The maximum atomic E-state index is 13.8. The van der Waals surface area contributed by atoms with Crippen molar-refractivity contribution in [3.05, 3.63) is 33.7 Å². The molecule has 0 saturated heterocycles. The van der Waals surface area contributed by atoms with Gasteiger partial charge in [0, 0.05) is 0 Å². The third kappa shape index (κ3) is 2.33. The molecule has 5 nitrogen and oxygen atoms in total. The Labute approximate surface area is 116 Å². The van der Waals surface area contributed by atoms with E-state index in [-0.39, 0.29) is 10.2 Å². The molecular weight excluding hydrogens is 319 g/mol. The molecule has 0 aliphatic heterocycles. The highest BCUT2D eigenvalue weighted by Gasteiger charge is 2.20. The number of aromatic amines is 1. The first-order chi connectivity index (χ1) is 8.95. The van der Waals surface area contributed by atoms with Gasteiger partial charge in [0.2, 0.25) is 0 Å². The number of halogens is 2. The van der Waals surface area contributed by atoms with Gasteiger partial charge in [-0.1, -0.05) is 0 Å². The number of aromatic nitrogens is 2. The quantitative estimate of drug-likeness (QED) is 0.908. The zero-order valence-corrected chi connectivity index (χ0v) is 11.7. The SMILES string of the molecule is COc1c(C)cc(F)c(Br)c1-c1cc(C(=O)O)[nH]n1. The van der Waals surface area contributed by atoms with Crippen LogP contribution in [0.4, 0.5) is 4.39 Å². The number of hydrogen-bond donors (Lipinski definition) is 2. The Bertz CT molecular complexity index is 655. The molecule has 0 amide bonds. The maximum Gasteiger partial charge on any atom is 0.353 e. The van der Waals surface area contributed by atoms with E-state index in [1.54, 1.807) is 6.92 Å². The third-order valence-electron chi connectivity index (χ3n) is 2.63. The number of nitrogens with zero attached hydrogens (tertiary/aromatic N) is 1. The molecule has 7 heteroatoms. The minimum atomic E-state index is -1.14. The molecule has 19 heavy (non-hydrogen) atoms. The van der Waals surface area contributed by atoms with Gasteiger partial charge in [0.05, 0.1) is 22.8 Å². The summed E-state index contributed by atoms with van der Waals surface area (Å²) in [6.45, 7) is 1.70. The summed E-state index contributed by atoms with van der Waals surface area (Å²) in [7, 11) is 1.46. The predicted molar refractivity (Wildman–Crippen MR) is 69.9 cm³/mol. The van der Waals surface area contributed by atoms with Crippen molar-refractivity contribution in [1.29, 1.82) is 0 Å². The van der Waals surface area contributed by atoms with E-state index in [1.165, 1.54) is 19.2 Å². The van der Waals surface area contributed by atoms with Crippen molar-refractivity contribution in [2.24, 2.45) is 0 Å². The summed E-state index contributed by atoms with van der Waals surface area (Å²) in [6.07, 6.45) is 0. The van der Waals surface area contributed by atoms with E-state index in [9.17, 15) is 9.18 Å². The molecule has 0 atom stereocenters. The Morgan fingerprint density at radius 1 is 1.53 bits per heavy atom. The number of ether oxygens (including phenoxy) is 1. The molecule has 0 saturated carbocycles. The van der Waals surface area contributed by atoms with Gasteiger partial charge in [-0.25, -0.2) is 9.18 Å². The van der Waals surface area contributed by atoms with Crippen molar-refractivity contribution in [3.8, 4) is 17.0 Å². The van der Waals surface area contributed by atoms with Crippen LogP contribution in [-0.2, 0) is 0 Å². The molecule has 1 aromatic carbocycles. The van der Waals surface area contributed by atoms with Crippen molar-refractivity contribution >= 4 is 21.9 Å². The van der Waals surface area contributed by atoms with Gasteiger partial charge in [0.25, 0.3) is 0 Å². The lowest BCUT2D eigenvalue weighted by molar-refractivity contribution is 0.0690. The highest BCUT2D eigenvalue weighted by atomic mass is 79.9. The Hall–Kier alpha value is -1.89. The molecular formula is C12H10BrFN2O3. The molecule has 0 aliphatic carbocycles. The lowest BCUT2D eigenvalue weighted by Gasteiger charge is -2.12. The summed E-state index contributed by atoms with van der Waals surface area (Å²) >= 11 is 3.13. The van der Waals surface area contributed by atoms with E-state index < -0.39 is 11.8 Å². The van der Waals surface area contributed by atoms with Gasteiger partial charge in [-0.2, -0.15) is 5.10 Å². The zero-order chi connectivity index (χ0) is 14.2. The molecule has 1 heterocycles. The van der Waals surface area contributed by atoms with Crippen molar-refractivity contribution in [3.63, 3.8) is 0 Å². The lowest BCUT2D eigenvalue weighted by Crippen LogP contribution is -1.96. The van der Waals surface area contributed by atoms with Crippen molar-refractivity contribution in [2.75, 3.05) is 7.11 Å². The fourth-order valence-corrected chi connectivity index (χ4v) is 2.28. The smallest absolute Gasteiger partial charge is 0.353 e. The Balaban J connectivity index is 2.69. The number of benzene rings is 1. The lowest BCUT2D eigenvalue weighted by atomic mass is 10.1. The van der Waals surface area contributed by atoms with Gasteiger partial charge < -0.3 is 9.84 Å². The number of hydrogen-bond acceptors (Lipinski definition) is 3. The maximum absolute atomic E-state index is 13.8. The second-order valence-electron chi connectivity index (χ2n) is 3.87. The van der Waals surface area contributed by atoms with Crippen molar-refractivity contribution in [2.45, 2.75) is 6.92 Å². The zero-order valence-electron chi connectivity index (χ0n) is 10.1. The summed E-state index contributed by atoms with van der Waals surface area (Å²) < 4.78 is 19.2. The summed E-state index contributed by atoms with van der Waals surface area (Å²) in [4.78, 5) is 10.8. The number of nitrogens with one attached hydrogen (secondary N) is 1. The van der Waals surface area contributed by atoms with E-state index in [2.05, 4.69) is 26.1 Å². The number of rotatable bonds is 3. The molecule has 0 fully saturated rings. The fourth-order valence-electron chi connectivity index (χ4n) is 1.79. The van der Waals surface area contributed by atoms with Crippen LogP contribution in [-0.4, -0.2) is 28.4 Å². The van der Waals surface area contributed by atoms with Crippen LogP contribution in [0.15, 0.2) is 16.6 Å². The second kappa shape index (κ2) is 5.00. The van der Waals surface area contributed by atoms with Crippen LogP contribution in [0.3, 0.4) is 0 Å². The topological polar surface area (TPSA) is 75.2 Å². The number of methoxy groups -OCH3 is 1. The Morgan fingerprint density at radius 2 is 2.21 bits per heavy atom. The molecule has 0 bridgehead atoms. The van der Waals surface area contributed by atoms with Gasteiger partial charge >= 0.3 is 5.97 Å². The molecule has 0 unspecified atom stereocenters. The first-order valence-corrected chi connectivity index (χ1v) is 6.06. The molecule has 0 spiro atoms. The Kier molecular flexibility index (Phi) is 3.57. The largest absolute Gasteiger partial charge is 0.496 e. The summed E-state index contributed by atoms with van der Waals surface area (Å²) in [6, 6.07) is 2.65. The molecule has 0 radical (unpaired) electrons. The Morgan fingerprint density at radius 3 is 2.74 bits per heavy atom. The van der Waals surface area contributed by atoms with E-state index in [0.717, 1.165) is 0 Å². The molecule has 100 valence electrons. The fraction of sp³-hybridized carbons (Fsp3) is 0.167. The average Bonchev–Trinajstić information content (AvgIpc) is 2.82. The van der Waals surface area contributed by atoms with Crippen molar-refractivity contribution < 1.29 is 19.0 Å². The van der Waals surface area contributed by atoms with Crippen LogP contribution in [0, 0.1) is 12.7 Å². The minimum absolute atomic E-state index is 0.0779. The highest BCUT2D eigenvalue weighted by molar-refractivity contribution is 9.10. The second-order valence-corrected chi connectivity index (χ2v) is 4.66. The monoisotopic (exact) mass is 328 g/mol. The first-order valence-electron chi connectivity index (χ1n) is 5.27. The van der Waals surface area contributed by atoms with Gasteiger partial charge in [0.1, 0.15) is 17.3 Å². The highest BCUT2D eigenvalue weighted by Crippen LogP contribution is 2.39. The normalized spacial score (nSPS) is 10.5. The van der Waals surface area contributed by atoms with Crippen LogP contribution < -0.4 is 4.74 Å². The standard InChI is InChI=1S/C12H10BrFN2O3/c1-5-3-6(14)10(13)9(11(5)19-2)7-4-8(12(17)18)16-15-7/h3-4H,1-2H3,(H,15,16)(H,17,18). The van der Waals surface area contributed by atoms with Gasteiger partial charge in [-0.3, -0.25) is 5.10 Å². The summed E-state index contributed by atoms with van der Waals surface area (Å²) in [5.74, 6) is -1.16. The molecule has 2 aromatic rings. The summed E-state index contributed by atoms with van der Waals surface area (Å²) in [5.41, 5.74) is 1.19. The van der Waals surface area contributed by atoms with E-state index in [1.807, 2.05) is 0 Å². The van der Waals surface area contributed by atoms with E-state index in [0.29, 0.717) is 22.6 Å². The molecule has 1 aromatic heterocycles. The molecule has 0 aliphatic rings. The first kappa shape index (κ1) is 13.5. The molecule has 2 rings (SSSR count).